The fraction of sp³-hybridized carbons (Fsp3) is 0. The van der Waals surface area contributed by atoms with E-state index in [1.54, 1.807) is 0 Å². The summed E-state index contributed by atoms with van der Waals surface area (Å²) >= 11 is 0. The third-order valence-corrected chi connectivity index (χ3v) is 17.9. The second-order valence-corrected chi connectivity index (χ2v) is 20.2. The summed E-state index contributed by atoms with van der Waals surface area (Å²) in [6, 6.07) is 91.4. The Balaban J connectivity index is 1.30. The number of hydrogen-bond acceptors (Lipinski definition) is 0. The molecular formula is C60H40Si. The highest BCUT2D eigenvalue weighted by Crippen LogP contribution is 2.43. The minimum absolute atomic E-state index is 1.23. The molecule has 12 aromatic carbocycles. The fourth-order valence-corrected chi connectivity index (χ4v) is 15.3. The summed E-state index contributed by atoms with van der Waals surface area (Å²) in [6.45, 7) is 0. The lowest BCUT2D eigenvalue weighted by atomic mass is 9.86. The van der Waals surface area contributed by atoms with Gasteiger partial charge in [0.1, 0.15) is 0 Å². The lowest BCUT2D eigenvalue weighted by Crippen LogP contribution is -2.74. The molecule has 61 heavy (non-hydrogen) atoms. The molecule has 284 valence electrons. The molecule has 0 spiro atoms. The van der Waals surface area contributed by atoms with Crippen molar-refractivity contribution in [2.24, 2.45) is 0 Å². The van der Waals surface area contributed by atoms with Gasteiger partial charge in [-0.15, -0.1) is 0 Å². The van der Waals surface area contributed by atoms with Crippen LogP contribution >= 0.6 is 0 Å². The Kier molecular flexibility index (Phi) is 8.30. The minimum atomic E-state index is -2.99. The van der Waals surface area contributed by atoms with Crippen molar-refractivity contribution >= 4 is 93.5 Å². The van der Waals surface area contributed by atoms with Crippen LogP contribution in [0.1, 0.15) is 0 Å². The van der Waals surface area contributed by atoms with Crippen molar-refractivity contribution in [2.45, 2.75) is 0 Å². The van der Waals surface area contributed by atoms with E-state index in [-0.39, 0.29) is 0 Å². The summed E-state index contributed by atoms with van der Waals surface area (Å²) < 4.78 is 0. The molecule has 12 aromatic rings. The Morgan fingerprint density at radius 2 is 0.541 bits per heavy atom. The summed E-state index contributed by atoms with van der Waals surface area (Å²) in [5, 5.41) is 20.6. The molecule has 0 aromatic heterocycles. The molecule has 0 saturated heterocycles. The van der Waals surface area contributed by atoms with E-state index < -0.39 is 8.07 Å². The zero-order chi connectivity index (χ0) is 40.3. The molecule has 0 unspecified atom stereocenters. The first kappa shape index (κ1) is 35.4. The summed E-state index contributed by atoms with van der Waals surface area (Å²) in [4.78, 5) is 0. The zero-order valence-corrected chi connectivity index (χ0v) is 34.6. The van der Waals surface area contributed by atoms with E-state index in [4.69, 9.17) is 0 Å². The van der Waals surface area contributed by atoms with Gasteiger partial charge in [-0.3, -0.25) is 0 Å². The molecule has 0 aliphatic heterocycles. The highest BCUT2D eigenvalue weighted by molar-refractivity contribution is 7.20. The summed E-state index contributed by atoms with van der Waals surface area (Å²) in [5.74, 6) is 0. The monoisotopic (exact) mass is 788 g/mol. The van der Waals surface area contributed by atoms with Crippen LogP contribution in [0, 0.1) is 0 Å². The van der Waals surface area contributed by atoms with E-state index in [1.165, 1.54) is 108 Å². The number of rotatable bonds is 6. The zero-order valence-electron chi connectivity index (χ0n) is 33.6. The third kappa shape index (κ3) is 5.59. The molecular weight excluding hydrogens is 749 g/mol. The van der Waals surface area contributed by atoms with Gasteiger partial charge in [0, 0.05) is 0 Å². The second kappa shape index (κ2) is 14.3. The molecule has 0 aliphatic carbocycles. The lowest BCUT2D eigenvalue weighted by molar-refractivity contribution is 1.64. The molecule has 0 nitrogen and oxygen atoms in total. The van der Waals surface area contributed by atoms with Crippen molar-refractivity contribution in [3.63, 3.8) is 0 Å². The maximum atomic E-state index is 2.57. The first-order valence-electron chi connectivity index (χ1n) is 21.2. The van der Waals surface area contributed by atoms with Crippen molar-refractivity contribution in [3.05, 3.63) is 243 Å². The van der Waals surface area contributed by atoms with Crippen LogP contribution in [-0.2, 0) is 0 Å². The molecule has 0 amide bonds. The Labute approximate surface area is 356 Å². The van der Waals surface area contributed by atoms with Gasteiger partial charge in [-0.05, 0) is 126 Å². The van der Waals surface area contributed by atoms with Crippen molar-refractivity contribution in [1.29, 1.82) is 0 Å². The van der Waals surface area contributed by atoms with E-state index in [0.29, 0.717) is 0 Å². The Morgan fingerprint density at radius 1 is 0.197 bits per heavy atom. The van der Waals surface area contributed by atoms with Gasteiger partial charge < -0.3 is 0 Å². The van der Waals surface area contributed by atoms with Gasteiger partial charge in [0.15, 0.2) is 8.07 Å². The number of benzene rings is 12. The van der Waals surface area contributed by atoms with Gasteiger partial charge >= 0.3 is 0 Å². The molecule has 1 heteroatoms. The summed E-state index contributed by atoms with van der Waals surface area (Å²) in [7, 11) is -2.99. The van der Waals surface area contributed by atoms with Crippen LogP contribution in [0.15, 0.2) is 243 Å². The standard InChI is InChI=1S/C60H40Si/c1-4-22-47(23-5-1)61(48-24-6-2-7-25-48,49-26-8-3-9-27-49)50-37-45(59-53-30-16-12-20-43(53)39-57-51-28-14-10-18-41(51)32-34-55(57)59)36-46(38-50)60-54-31-17-13-21-44(54)40-58-52-29-15-11-19-42(52)33-35-56(58)60/h1-40H. The highest BCUT2D eigenvalue weighted by atomic mass is 28.3. The maximum Gasteiger partial charge on any atom is 0.179 e. The summed E-state index contributed by atoms with van der Waals surface area (Å²) in [5.41, 5.74) is 5.00. The van der Waals surface area contributed by atoms with Gasteiger partial charge in [0.2, 0.25) is 0 Å². The predicted octanol–water partition coefficient (Wildman–Crippen LogP) is 13.3. The molecule has 0 saturated carbocycles. The Hall–Kier alpha value is -7.58. The fourth-order valence-electron chi connectivity index (χ4n) is 10.5. The topological polar surface area (TPSA) is 0 Å². The van der Waals surface area contributed by atoms with Crippen molar-refractivity contribution < 1.29 is 0 Å². The average molecular weight is 789 g/mol. The van der Waals surface area contributed by atoms with Crippen molar-refractivity contribution in [3.8, 4) is 22.3 Å². The van der Waals surface area contributed by atoms with E-state index in [1.807, 2.05) is 0 Å². The molecule has 0 atom stereocenters. The van der Waals surface area contributed by atoms with Gasteiger partial charge in [0.25, 0.3) is 0 Å². The molecule has 0 N–H and O–H groups in total. The second-order valence-electron chi connectivity index (χ2n) is 16.4. The first-order chi connectivity index (χ1) is 30.3. The predicted molar refractivity (Wildman–Crippen MR) is 266 cm³/mol. The first-order valence-corrected chi connectivity index (χ1v) is 23.2. The van der Waals surface area contributed by atoms with Crippen molar-refractivity contribution in [2.75, 3.05) is 0 Å². The smallest absolute Gasteiger partial charge is 0.0623 e. The Morgan fingerprint density at radius 3 is 0.951 bits per heavy atom. The third-order valence-electron chi connectivity index (χ3n) is 13.1. The van der Waals surface area contributed by atoms with Gasteiger partial charge in [-0.25, -0.2) is 0 Å². The van der Waals surface area contributed by atoms with E-state index in [0.717, 1.165) is 0 Å². The lowest BCUT2D eigenvalue weighted by Gasteiger charge is -2.35. The van der Waals surface area contributed by atoms with Crippen LogP contribution in [-0.4, -0.2) is 8.07 Å². The van der Waals surface area contributed by atoms with Crippen LogP contribution in [0.3, 0.4) is 0 Å². The van der Waals surface area contributed by atoms with E-state index in [2.05, 4.69) is 243 Å². The number of fused-ring (bicyclic) bond motifs is 8. The van der Waals surface area contributed by atoms with Crippen molar-refractivity contribution in [1.82, 2.24) is 0 Å². The molecule has 0 bridgehead atoms. The van der Waals surface area contributed by atoms with Gasteiger partial charge in [-0.1, -0.05) is 224 Å². The molecule has 0 heterocycles. The van der Waals surface area contributed by atoms with Gasteiger partial charge in [-0.2, -0.15) is 0 Å². The Bertz CT molecular complexity index is 3350. The molecule has 0 radical (unpaired) electrons. The highest BCUT2D eigenvalue weighted by Gasteiger charge is 2.42. The van der Waals surface area contributed by atoms with Crippen LogP contribution in [0.4, 0.5) is 0 Å². The van der Waals surface area contributed by atoms with E-state index in [9.17, 15) is 0 Å². The normalized spacial score (nSPS) is 11.9. The molecule has 0 aliphatic rings. The van der Waals surface area contributed by atoms with Crippen LogP contribution in [0.25, 0.3) is 86.9 Å². The van der Waals surface area contributed by atoms with Crippen LogP contribution in [0.2, 0.25) is 0 Å². The largest absolute Gasteiger partial charge is 0.179 e. The van der Waals surface area contributed by atoms with E-state index >= 15 is 0 Å². The molecule has 0 fully saturated rings. The quantitative estimate of drug-likeness (QED) is 0.0681. The molecule has 12 rings (SSSR count). The maximum absolute atomic E-state index is 2.99. The van der Waals surface area contributed by atoms with Crippen LogP contribution in [0.5, 0.6) is 0 Å². The van der Waals surface area contributed by atoms with Gasteiger partial charge in [0.05, 0.1) is 0 Å². The summed E-state index contributed by atoms with van der Waals surface area (Å²) in [6.07, 6.45) is 0. The van der Waals surface area contributed by atoms with Crippen LogP contribution < -0.4 is 20.7 Å². The minimum Gasteiger partial charge on any atom is -0.0623 e. The SMILES string of the molecule is c1ccc([Si](c2ccccc2)(c2ccccc2)c2cc(-c3c4ccccc4cc4c3ccc3ccccc34)cc(-c3c4ccccc4cc4c3ccc3ccccc34)c2)cc1. The number of hydrogen-bond donors (Lipinski definition) is 0. The average Bonchev–Trinajstić information content (AvgIpc) is 3.33.